The summed E-state index contributed by atoms with van der Waals surface area (Å²) in [5, 5.41) is 11.5. The lowest BCUT2D eigenvalue weighted by Crippen LogP contribution is -2.16. The lowest BCUT2D eigenvalue weighted by Gasteiger charge is -2.06. The van der Waals surface area contributed by atoms with Crippen molar-refractivity contribution in [1.82, 2.24) is 0 Å². The summed E-state index contributed by atoms with van der Waals surface area (Å²) in [6.07, 6.45) is 0.747. The van der Waals surface area contributed by atoms with E-state index < -0.39 is 12.1 Å². The number of carboxylic acids is 1. The molecule has 5 nitrogen and oxygen atoms in total. The summed E-state index contributed by atoms with van der Waals surface area (Å²) in [5.74, 6) is -1.06. The van der Waals surface area contributed by atoms with Crippen molar-refractivity contribution in [3.63, 3.8) is 0 Å². The lowest BCUT2D eigenvalue weighted by atomic mass is 10.2. The van der Waals surface area contributed by atoms with E-state index in [0.717, 1.165) is 4.88 Å². The number of carbonyl (C=O) groups excluding carboxylic acids is 1. The molecule has 6 heteroatoms. The van der Waals surface area contributed by atoms with Crippen LogP contribution in [-0.2, 0) is 4.74 Å². The van der Waals surface area contributed by atoms with Crippen molar-refractivity contribution in [2.24, 2.45) is 0 Å². The molecule has 0 saturated heterocycles. The number of rotatable bonds is 4. The van der Waals surface area contributed by atoms with E-state index in [2.05, 4.69) is 11.9 Å². The maximum atomic E-state index is 11.3. The number of carboxylic acid groups (broad SMARTS) is 1. The minimum Gasteiger partial charge on any atom is -0.478 e. The zero-order valence-corrected chi connectivity index (χ0v) is 10.4. The molecule has 2 N–H and O–H groups in total. The van der Waals surface area contributed by atoms with Gasteiger partial charge in [0.25, 0.3) is 0 Å². The highest BCUT2D eigenvalue weighted by Gasteiger charge is 2.20. The zero-order valence-electron chi connectivity index (χ0n) is 9.57. The number of amides is 1. The monoisotopic (exact) mass is 255 g/mol. The lowest BCUT2D eigenvalue weighted by molar-refractivity contribution is 0.0698. The third-order valence-electron chi connectivity index (χ3n) is 2.03. The molecule has 0 fully saturated rings. The van der Waals surface area contributed by atoms with Gasteiger partial charge < -0.3 is 9.84 Å². The zero-order chi connectivity index (χ0) is 13.0. The minimum absolute atomic E-state index is 0.0798. The van der Waals surface area contributed by atoms with Gasteiger partial charge in [-0.3, -0.25) is 5.32 Å². The molecule has 0 aliphatic carbocycles. The number of hydrogen-bond acceptors (Lipinski definition) is 4. The van der Waals surface area contributed by atoms with Crippen LogP contribution in [0.15, 0.2) is 12.7 Å². The van der Waals surface area contributed by atoms with Gasteiger partial charge in [0.15, 0.2) is 0 Å². The summed E-state index contributed by atoms with van der Waals surface area (Å²) in [6.45, 7) is 6.93. The van der Waals surface area contributed by atoms with E-state index in [-0.39, 0.29) is 12.2 Å². The Bertz CT molecular complexity index is 464. The standard InChI is InChI=1S/C11H13NO4S/c1-4-5-16-11(15)12-9-7(3)17-6(2)8(9)10(13)14/h4H,1,5H2,2-3H3,(H,12,15)(H,13,14). The predicted molar refractivity (Wildman–Crippen MR) is 65.9 cm³/mol. The van der Waals surface area contributed by atoms with Crippen LogP contribution in [0.2, 0.25) is 0 Å². The van der Waals surface area contributed by atoms with Crippen LogP contribution in [0, 0.1) is 13.8 Å². The number of carbonyl (C=O) groups is 2. The maximum absolute atomic E-state index is 11.3. The van der Waals surface area contributed by atoms with E-state index in [4.69, 9.17) is 9.84 Å². The highest BCUT2D eigenvalue weighted by molar-refractivity contribution is 7.12. The molecule has 17 heavy (non-hydrogen) atoms. The topological polar surface area (TPSA) is 75.6 Å². The van der Waals surface area contributed by atoms with Gasteiger partial charge >= 0.3 is 12.1 Å². The first-order valence-electron chi connectivity index (χ1n) is 4.85. The molecule has 0 unspecified atom stereocenters. The van der Waals surface area contributed by atoms with Crippen molar-refractivity contribution in [3.05, 3.63) is 28.0 Å². The van der Waals surface area contributed by atoms with E-state index in [1.54, 1.807) is 13.8 Å². The molecule has 1 amide bonds. The van der Waals surface area contributed by atoms with Crippen LogP contribution in [0.1, 0.15) is 20.1 Å². The Morgan fingerprint density at radius 1 is 1.47 bits per heavy atom. The van der Waals surface area contributed by atoms with Gasteiger partial charge in [-0.1, -0.05) is 12.7 Å². The van der Waals surface area contributed by atoms with Crippen LogP contribution in [0.5, 0.6) is 0 Å². The van der Waals surface area contributed by atoms with Crippen LogP contribution >= 0.6 is 11.3 Å². The number of anilines is 1. The number of aromatic carboxylic acids is 1. The minimum atomic E-state index is -1.06. The average molecular weight is 255 g/mol. The molecule has 0 bridgehead atoms. The molecular weight excluding hydrogens is 242 g/mol. The van der Waals surface area contributed by atoms with E-state index in [0.29, 0.717) is 10.6 Å². The Morgan fingerprint density at radius 2 is 2.12 bits per heavy atom. The highest BCUT2D eigenvalue weighted by atomic mass is 32.1. The fourth-order valence-corrected chi connectivity index (χ4v) is 2.37. The quantitative estimate of drug-likeness (QED) is 0.811. The molecule has 1 aromatic rings. The average Bonchev–Trinajstić information content (AvgIpc) is 2.51. The molecule has 1 rings (SSSR count). The SMILES string of the molecule is C=CCOC(=O)Nc1c(C)sc(C)c1C(=O)O. The van der Waals surface area contributed by atoms with Crippen molar-refractivity contribution >= 4 is 29.1 Å². The largest absolute Gasteiger partial charge is 0.478 e. The molecule has 0 atom stereocenters. The molecular formula is C11H13NO4S. The van der Waals surface area contributed by atoms with Crippen molar-refractivity contribution in [2.45, 2.75) is 13.8 Å². The fraction of sp³-hybridized carbons (Fsp3) is 0.273. The Labute approximate surface area is 103 Å². The third-order valence-corrected chi connectivity index (χ3v) is 3.05. The third kappa shape index (κ3) is 3.07. The number of ether oxygens (including phenoxy) is 1. The second kappa shape index (κ2) is 5.49. The highest BCUT2D eigenvalue weighted by Crippen LogP contribution is 2.32. The smallest absolute Gasteiger partial charge is 0.411 e. The Kier molecular flexibility index (Phi) is 4.28. The van der Waals surface area contributed by atoms with Crippen LogP contribution in [0.4, 0.5) is 10.5 Å². The number of hydrogen-bond donors (Lipinski definition) is 2. The summed E-state index contributed by atoms with van der Waals surface area (Å²) in [6, 6.07) is 0. The van der Waals surface area contributed by atoms with E-state index in [1.165, 1.54) is 17.4 Å². The van der Waals surface area contributed by atoms with Crippen LogP contribution in [-0.4, -0.2) is 23.8 Å². The first kappa shape index (κ1) is 13.2. The molecule has 0 aromatic carbocycles. The fourth-order valence-electron chi connectivity index (χ4n) is 1.36. The van der Waals surface area contributed by atoms with E-state index >= 15 is 0 Å². The number of aryl methyl sites for hydroxylation is 2. The van der Waals surface area contributed by atoms with Gasteiger partial charge in [-0.25, -0.2) is 9.59 Å². The first-order valence-corrected chi connectivity index (χ1v) is 5.67. The van der Waals surface area contributed by atoms with Gasteiger partial charge in [0.05, 0.1) is 11.3 Å². The van der Waals surface area contributed by atoms with Crippen LogP contribution in [0.25, 0.3) is 0 Å². The first-order chi connectivity index (χ1) is 7.97. The van der Waals surface area contributed by atoms with E-state index in [1.807, 2.05) is 0 Å². The number of nitrogens with one attached hydrogen (secondary N) is 1. The summed E-state index contributed by atoms with van der Waals surface area (Å²) in [5.41, 5.74) is 0.414. The maximum Gasteiger partial charge on any atom is 0.411 e. The summed E-state index contributed by atoms with van der Waals surface area (Å²) in [4.78, 5) is 23.8. The van der Waals surface area contributed by atoms with Crippen LogP contribution in [0.3, 0.4) is 0 Å². The normalized spacial score (nSPS) is 9.76. The van der Waals surface area contributed by atoms with Gasteiger partial charge in [-0.15, -0.1) is 11.3 Å². The molecule has 0 spiro atoms. The predicted octanol–water partition coefficient (Wildman–Crippen LogP) is 2.80. The summed E-state index contributed by atoms with van der Waals surface area (Å²) < 4.78 is 4.74. The van der Waals surface area contributed by atoms with Gasteiger partial charge in [0.2, 0.25) is 0 Å². The Hall–Kier alpha value is -1.82. The molecule has 0 saturated carbocycles. The summed E-state index contributed by atoms with van der Waals surface area (Å²) >= 11 is 1.32. The van der Waals surface area contributed by atoms with Crippen molar-refractivity contribution in [1.29, 1.82) is 0 Å². The molecule has 1 aromatic heterocycles. The van der Waals surface area contributed by atoms with Crippen LogP contribution < -0.4 is 5.32 Å². The molecule has 0 aliphatic heterocycles. The number of thiophene rings is 1. The Balaban J connectivity index is 2.93. The molecule has 92 valence electrons. The molecule has 1 heterocycles. The molecule has 0 radical (unpaired) electrons. The van der Waals surface area contributed by atoms with Crippen molar-refractivity contribution in [2.75, 3.05) is 11.9 Å². The van der Waals surface area contributed by atoms with Crippen molar-refractivity contribution < 1.29 is 19.4 Å². The molecule has 0 aliphatic rings. The second-order valence-electron chi connectivity index (χ2n) is 3.28. The van der Waals surface area contributed by atoms with Gasteiger partial charge in [-0.2, -0.15) is 0 Å². The van der Waals surface area contributed by atoms with Gasteiger partial charge in [0, 0.05) is 9.75 Å². The van der Waals surface area contributed by atoms with Crippen molar-refractivity contribution in [3.8, 4) is 0 Å². The van der Waals surface area contributed by atoms with Gasteiger partial charge in [-0.05, 0) is 13.8 Å². The Morgan fingerprint density at radius 3 is 2.65 bits per heavy atom. The summed E-state index contributed by atoms with van der Waals surface area (Å²) in [7, 11) is 0. The second-order valence-corrected chi connectivity index (χ2v) is 4.71. The van der Waals surface area contributed by atoms with E-state index in [9.17, 15) is 9.59 Å². The van der Waals surface area contributed by atoms with Gasteiger partial charge in [0.1, 0.15) is 6.61 Å².